The largest absolute Gasteiger partial charge is 0.458 e. The first-order valence-electron chi connectivity index (χ1n) is 12.8. The number of fused-ring (bicyclic) bond motifs is 1. The number of nitrogens with zero attached hydrogens (tertiary/aromatic N) is 3. The number of anilines is 1. The van der Waals surface area contributed by atoms with Gasteiger partial charge < -0.3 is 14.7 Å². The lowest BCUT2D eigenvalue weighted by molar-refractivity contribution is -0.159. The highest BCUT2D eigenvalue weighted by molar-refractivity contribution is 5.66. The molecule has 0 unspecified atom stereocenters. The smallest absolute Gasteiger partial charge is 0.303 e. The lowest BCUT2D eigenvalue weighted by Crippen LogP contribution is -2.56. The molecule has 2 aliphatic carbocycles. The number of rotatable bonds is 5. The number of hydrogen-bond donors (Lipinski definition) is 1. The summed E-state index contributed by atoms with van der Waals surface area (Å²) in [7, 11) is 0. The molecule has 34 heavy (non-hydrogen) atoms. The molecule has 1 N–H and O–H groups in total. The number of hydrogen-bond acceptors (Lipinski definition) is 6. The summed E-state index contributed by atoms with van der Waals surface area (Å²) in [6.07, 6.45) is 4.55. The molecule has 1 saturated carbocycles. The van der Waals surface area contributed by atoms with Gasteiger partial charge in [0.15, 0.2) is 0 Å². The van der Waals surface area contributed by atoms with Crippen molar-refractivity contribution in [1.82, 2.24) is 4.90 Å². The molecule has 0 spiro atoms. The van der Waals surface area contributed by atoms with Gasteiger partial charge >= 0.3 is 5.97 Å². The van der Waals surface area contributed by atoms with Gasteiger partial charge in [-0.15, -0.1) is 0 Å². The Morgan fingerprint density at radius 3 is 2.53 bits per heavy atom. The number of carbonyl (C=O) groups excluding carboxylic acids is 1. The first-order valence-corrected chi connectivity index (χ1v) is 12.8. The summed E-state index contributed by atoms with van der Waals surface area (Å²) in [6, 6.07) is 10.1. The normalized spacial score (nSPS) is 32.8. The van der Waals surface area contributed by atoms with Gasteiger partial charge in [0.25, 0.3) is 0 Å². The number of ether oxygens (including phenoxy) is 1. The van der Waals surface area contributed by atoms with Crippen molar-refractivity contribution in [1.29, 1.82) is 5.26 Å². The zero-order valence-electron chi connectivity index (χ0n) is 21.0. The molecular weight excluding hydrogens is 426 g/mol. The Labute approximate surface area is 204 Å². The number of carbonyl (C=O) groups is 1. The Morgan fingerprint density at radius 1 is 1.24 bits per heavy atom. The van der Waals surface area contributed by atoms with Crippen LogP contribution in [0.3, 0.4) is 0 Å². The van der Waals surface area contributed by atoms with E-state index >= 15 is 0 Å². The van der Waals surface area contributed by atoms with Crippen LogP contribution in [0.15, 0.2) is 35.9 Å². The fourth-order valence-electron chi connectivity index (χ4n) is 6.48. The zero-order chi connectivity index (χ0) is 24.5. The minimum absolute atomic E-state index is 0.109. The summed E-state index contributed by atoms with van der Waals surface area (Å²) in [5.41, 5.74) is 2.14. The Kier molecular flexibility index (Phi) is 7.35. The van der Waals surface area contributed by atoms with E-state index in [0.717, 1.165) is 51.1 Å². The molecule has 184 valence electrons. The maximum Gasteiger partial charge on any atom is 0.303 e. The van der Waals surface area contributed by atoms with Crippen LogP contribution < -0.4 is 4.90 Å². The summed E-state index contributed by atoms with van der Waals surface area (Å²) in [5, 5.41) is 20.8. The van der Waals surface area contributed by atoms with Crippen LogP contribution in [0.2, 0.25) is 0 Å². The molecule has 1 aromatic carbocycles. The van der Waals surface area contributed by atoms with Crippen LogP contribution in [0, 0.1) is 35.0 Å². The Hall–Kier alpha value is -2.36. The van der Waals surface area contributed by atoms with Gasteiger partial charge in [-0.05, 0) is 67.4 Å². The SMILES string of the molecule is CC(=O)O[C@@H]1C[C@@]2(O)[C@H](C)CC[C@@H]([C@H](C)CN3CCN(c4ccc(C#N)cc4)CC3)[C@H]2C=C1C. The van der Waals surface area contributed by atoms with Crippen LogP contribution in [-0.4, -0.2) is 60.4 Å². The van der Waals surface area contributed by atoms with Crippen molar-refractivity contribution in [3.63, 3.8) is 0 Å². The molecule has 6 nitrogen and oxygen atoms in total. The highest BCUT2D eigenvalue weighted by Gasteiger charge is 2.52. The maximum absolute atomic E-state index is 11.8. The van der Waals surface area contributed by atoms with E-state index in [2.05, 4.69) is 35.8 Å². The van der Waals surface area contributed by atoms with Gasteiger partial charge in [-0.3, -0.25) is 9.69 Å². The van der Waals surface area contributed by atoms with Crippen molar-refractivity contribution in [3.8, 4) is 6.07 Å². The minimum Gasteiger partial charge on any atom is -0.458 e. The third-order valence-corrected chi connectivity index (χ3v) is 8.61. The van der Waals surface area contributed by atoms with E-state index in [1.165, 1.54) is 12.6 Å². The van der Waals surface area contributed by atoms with E-state index in [1.54, 1.807) is 0 Å². The van der Waals surface area contributed by atoms with Gasteiger partial charge in [-0.2, -0.15) is 5.26 Å². The standard InChI is InChI=1S/C28H39N3O3/c1-19-15-26-25(10-5-21(3)28(26,33)16-27(19)34-22(4)32)20(2)18-30-11-13-31(14-12-30)24-8-6-23(17-29)7-9-24/h6-9,15,20-21,25-27,33H,5,10-14,16,18H2,1-4H3/t20-,21-,25+,26-,27-,28-/m1/s1. The highest BCUT2D eigenvalue weighted by atomic mass is 16.5. The molecule has 6 heteroatoms. The third kappa shape index (κ3) is 5.01. The number of benzene rings is 1. The second-order valence-electron chi connectivity index (χ2n) is 10.8. The van der Waals surface area contributed by atoms with Gasteiger partial charge in [-0.25, -0.2) is 0 Å². The molecule has 4 rings (SSSR count). The molecular formula is C28H39N3O3. The van der Waals surface area contributed by atoms with Crippen molar-refractivity contribution in [3.05, 3.63) is 41.5 Å². The molecule has 1 aromatic rings. The second kappa shape index (κ2) is 10.1. The lowest BCUT2D eigenvalue weighted by Gasteiger charge is -2.53. The number of nitriles is 1. The molecule has 1 aliphatic heterocycles. The van der Waals surface area contributed by atoms with E-state index in [4.69, 9.17) is 10.00 Å². The van der Waals surface area contributed by atoms with Crippen LogP contribution in [0.1, 0.15) is 52.5 Å². The summed E-state index contributed by atoms with van der Waals surface area (Å²) in [6.45, 7) is 13.0. The monoisotopic (exact) mass is 465 g/mol. The molecule has 0 amide bonds. The molecule has 6 atom stereocenters. The summed E-state index contributed by atoms with van der Waals surface area (Å²) in [5.74, 6) is 0.913. The average molecular weight is 466 g/mol. The van der Waals surface area contributed by atoms with Crippen LogP contribution in [0.25, 0.3) is 0 Å². The Bertz CT molecular complexity index is 945. The predicted molar refractivity (Wildman–Crippen MR) is 133 cm³/mol. The first-order chi connectivity index (χ1) is 16.2. The summed E-state index contributed by atoms with van der Waals surface area (Å²) >= 11 is 0. The zero-order valence-corrected chi connectivity index (χ0v) is 21.0. The predicted octanol–water partition coefficient (Wildman–Crippen LogP) is 3.99. The van der Waals surface area contributed by atoms with Gasteiger partial charge in [0.2, 0.25) is 0 Å². The highest BCUT2D eigenvalue weighted by Crippen LogP contribution is 2.51. The van der Waals surface area contributed by atoms with Crippen molar-refractivity contribution in [2.75, 3.05) is 37.6 Å². The molecule has 1 heterocycles. The molecule has 3 aliphatic rings. The molecule has 0 bridgehead atoms. The van der Waals surface area contributed by atoms with Crippen LogP contribution in [0.5, 0.6) is 0 Å². The van der Waals surface area contributed by atoms with Crippen molar-refractivity contribution >= 4 is 11.7 Å². The second-order valence-corrected chi connectivity index (χ2v) is 10.8. The first kappa shape index (κ1) is 24.8. The number of aliphatic hydroxyl groups is 1. The van der Waals surface area contributed by atoms with Gasteiger partial charge in [-0.1, -0.05) is 19.9 Å². The Balaban J connectivity index is 1.39. The van der Waals surface area contributed by atoms with Crippen LogP contribution >= 0.6 is 0 Å². The van der Waals surface area contributed by atoms with Crippen LogP contribution in [-0.2, 0) is 9.53 Å². The van der Waals surface area contributed by atoms with Gasteiger partial charge in [0.05, 0.1) is 17.2 Å². The number of esters is 1. The van der Waals surface area contributed by atoms with E-state index < -0.39 is 5.60 Å². The van der Waals surface area contributed by atoms with Crippen molar-refractivity contribution in [2.24, 2.45) is 23.7 Å². The molecule has 1 saturated heterocycles. The number of piperazine rings is 1. The van der Waals surface area contributed by atoms with Crippen LogP contribution in [0.4, 0.5) is 5.69 Å². The van der Waals surface area contributed by atoms with Gasteiger partial charge in [0, 0.05) is 57.7 Å². The lowest BCUT2D eigenvalue weighted by atomic mass is 9.57. The van der Waals surface area contributed by atoms with E-state index in [9.17, 15) is 9.90 Å². The van der Waals surface area contributed by atoms with Crippen molar-refractivity contribution < 1.29 is 14.6 Å². The molecule has 2 fully saturated rings. The summed E-state index contributed by atoms with van der Waals surface area (Å²) < 4.78 is 5.55. The maximum atomic E-state index is 11.8. The average Bonchev–Trinajstić information content (AvgIpc) is 2.81. The molecule has 0 aromatic heterocycles. The van der Waals surface area contributed by atoms with E-state index in [-0.39, 0.29) is 23.9 Å². The quantitative estimate of drug-likeness (QED) is 0.523. The summed E-state index contributed by atoms with van der Waals surface area (Å²) in [4.78, 5) is 16.5. The van der Waals surface area contributed by atoms with E-state index in [1.807, 2.05) is 31.2 Å². The third-order valence-electron chi connectivity index (χ3n) is 8.61. The van der Waals surface area contributed by atoms with Gasteiger partial charge in [0.1, 0.15) is 6.10 Å². The fourth-order valence-corrected chi connectivity index (χ4v) is 6.48. The van der Waals surface area contributed by atoms with Crippen molar-refractivity contribution in [2.45, 2.75) is 58.7 Å². The topological polar surface area (TPSA) is 76.8 Å². The fraction of sp³-hybridized carbons (Fsp3) is 0.643. The minimum atomic E-state index is -0.814. The molecule has 0 radical (unpaired) electrons. The van der Waals surface area contributed by atoms with E-state index in [0.29, 0.717) is 23.8 Å². The Morgan fingerprint density at radius 2 is 1.91 bits per heavy atom.